The summed E-state index contributed by atoms with van der Waals surface area (Å²) in [6, 6.07) is -0.476. The molecule has 0 aromatic carbocycles. The smallest absolute Gasteiger partial charge is 0.252 e. The molecule has 1 heterocycles. The van der Waals surface area contributed by atoms with Gasteiger partial charge in [-0.05, 0) is 6.42 Å². The van der Waals surface area contributed by atoms with E-state index in [0.717, 1.165) is 11.3 Å². The Morgan fingerprint density at radius 3 is 2.88 bits per heavy atom. The van der Waals surface area contributed by atoms with Crippen LogP contribution in [0.4, 0.5) is 0 Å². The predicted molar refractivity (Wildman–Crippen MR) is 64.8 cm³/mol. The Hall–Kier alpha value is -0.250. The highest BCUT2D eigenvalue weighted by molar-refractivity contribution is 7.91. The lowest BCUT2D eigenvalue weighted by Gasteiger charge is -2.15. The molecule has 1 aromatic rings. The Kier molecular flexibility index (Phi) is 5.77. The largest absolute Gasteiger partial charge is 0.396 e. The van der Waals surface area contributed by atoms with Crippen molar-refractivity contribution in [2.45, 2.75) is 16.7 Å². The topological polar surface area (TPSA) is 88.5 Å². The third-order valence-electron chi connectivity index (χ3n) is 1.89. The summed E-state index contributed by atoms with van der Waals surface area (Å²) in [5.74, 6) is 0. The fourth-order valence-corrected chi connectivity index (χ4v) is 3.74. The van der Waals surface area contributed by atoms with E-state index >= 15 is 0 Å². The fourth-order valence-electron chi connectivity index (χ4n) is 1.17. The van der Waals surface area contributed by atoms with Gasteiger partial charge in [-0.3, -0.25) is 0 Å². The summed E-state index contributed by atoms with van der Waals surface area (Å²) in [7, 11) is -2.19. The molecule has 0 amide bonds. The summed E-state index contributed by atoms with van der Waals surface area (Å²) in [4.78, 5) is 3.67. The van der Waals surface area contributed by atoms with Gasteiger partial charge in [0.25, 0.3) is 10.0 Å². The molecule has 9 heteroatoms. The number of aromatic nitrogens is 1. The minimum atomic E-state index is -3.65. The minimum Gasteiger partial charge on any atom is -0.396 e. The number of ether oxygens (including phenoxy) is 1. The van der Waals surface area contributed by atoms with Gasteiger partial charge < -0.3 is 9.84 Å². The van der Waals surface area contributed by atoms with E-state index in [0.29, 0.717) is 0 Å². The van der Waals surface area contributed by atoms with Crippen molar-refractivity contribution < 1.29 is 18.3 Å². The van der Waals surface area contributed by atoms with Crippen molar-refractivity contribution in [2.24, 2.45) is 0 Å². The Balaban J connectivity index is 2.77. The summed E-state index contributed by atoms with van der Waals surface area (Å²) < 4.78 is 31.2. The third-order valence-corrected chi connectivity index (χ3v) is 4.98. The van der Waals surface area contributed by atoms with Crippen LogP contribution in [0.15, 0.2) is 10.4 Å². The molecule has 0 spiro atoms. The molecule has 0 aliphatic carbocycles. The standard InChI is InChI=1S/C8H13ClN2O4S2/c1-15-5-6(2-3-12)11-17(13,14)7-4-10-8(9)16-7/h4,6,11-12H,2-3,5H2,1H3. The summed E-state index contributed by atoms with van der Waals surface area (Å²) in [6.07, 6.45) is 1.47. The van der Waals surface area contributed by atoms with Crippen molar-refractivity contribution in [3.05, 3.63) is 10.7 Å². The number of nitrogens with zero attached hydrogens (tertiary/aromatic N) is 1. The average Bonchev–Trinajstić information content (AvgIpc) is 2.66. The Morgan fingerprint density at radius 2 is 2.41 bits per heavy atom. The molecule has 0 bridgehead atoms. The Bertz CT molecular complexity index is 442. The second kappa shape index (κ2) is 6.62. The molecular weight excluding hydrogens is 288 g/mol. The molecule has 0 radical (unpaired) electrons. The quantitative estimate of drug-likeness (QED) is 0.764. The van der Waals surface area contributed by atoms with Crippen LogP contribution < -0.4 is 4.72 Å². The van der Waals surface area contributed by atoms with E-state index in [1.54, 1.807) is 0 Å². The van der Waals surface area contributed by atoms with Gasteiger partial charge in [0.15, 0.2) is 8.68 Å². The number of aliphatic hydroxyl groups is 1. The summed E-state index contributed by atoms with van der Waals surface area (Å²) >= 11 is 6.45. The van der Waals surface area contributed by atoms with Gasteiger partial charge in [0.1, 0.15) is 0 Å². The van der Waals surface area contributed by atoms with Gasteiger partial charge in [-0.1, -0.05) is 22.9 Å². The van der Waals surface area contributed by atoms with Crippen molar-refractivity contribution in [3.8, 4) is 0 Å². The van der Waals surface area contributed by atoms with Gasteiger partial charge in [-0.25, -0.2) is 18.1 Å². The molecule has 1 rings (SSSR count). The lowest BCUT2D eigenvalue weighted by atomic mass is 10.2. The number of sulfonamides is 1. The van der Waals surface area contributed by atoms with Gasteiger partial charge >= 0.3 is 0 Å². The van der Waals surface area contributed by atoms with E-state index in [-0.39, 0.29) is 28.3 Å². The predicted octanol–water partition coefficient (Wildman–Crippen LogP) is 0.472. The monoisotopic (exact) mass is 300 g/mol. The second-order valence-corrected chi connectivity index (χ2v) is 6.77. The average molecular weight is 301 g/mol. The number of aliphatic hydroxyl groups excluding tert-OH is 1. The van der Waals surface area contributed by atoms with Crippen LogP contribution in [0.1, 0.15) is 6.42 Å². The first-order valence-electron chi connectivity index (χ1n) is 4.73. The number of methoxy groups -OCH3 is 1. The number of rotatable bonds is 7. The van der Waals surface area contributed by atoms with Crippen molar-refractivity contribution in [1.29, 1.82) is 0 Å². The fraction of sp³-hybridized carbons (Fsp3) is 0.625. The maximum Gasteiger partial charge on any atom is 0.252 e. The van der Waals surface area contributed by atoms with Gasteiger partial charge in [-0.15, -0.1) is 0 Å². The van der Waals surface area contributed by atoms with E-state index in [1.807, 2.05) is 0 Å². The van der Waals surface area contributed by atoms with E-state index in [9.17, 15) is 8.42 Å². The van der Waals surface area contributed by atoms with Crippen LogP contribution in [0, 0.1) is 0 Å². The summed E-state index contributed by atoms with van der Waals surface area (Å²) in [6.45, 7) is 0.0618. The first-order chi connectivity index (χ1) is 7.99. The minimum absolute atomic E-state index is 0.0431. The van der Waals surface area contributed by atoms with Crippen LogP contribution in [-0.4, -0.2) is 44.9 Å². The molecule has 1 unspecified atom stereocenters. The lowest BCUT2D eigenvalue weighted by molar-refractivity contribution is 0.158. The molecule has 1 aromatic heterocycles. The van der Waals surface area contributed by atoms with Gasteiger partial charge in [0, 0.05) is 19.8 Å². The first-order valence-corrected chi connectivity index (χ1v) is 7.41. The molecule has 0 saturated carbocycles. The van der Waals surface area contributed by atoms with Crippen LogP contribution in [-0.2, 0) is 14.8 Å². The maximum absolute atomic E-state index is 11.9. The van der Waals surface area contributed by atoms with Crippen molar-refractivity contribution in [1.82, 2.24) is 9.71 Å². The normalized spacial score (nSPS) is 13.8. The van der Waals surface area contributed by atoms with Crippen LogP contribution in [0.3, 0.4) is 0 Å². The SMILES string of the molecule is COCC(CCO)NS(=O)(=O)c1cnc(Cl)s1. The Morgan fingerprint density at radius 1 is 1.71 bits per heavy atom. The van der Waals surface area contributed by atoms with Gasteiger partial charge in [0.2, 0.25) is 0 Å². The summed E-state index contributed by atoms with van der Waals surface area (Å²) in [5.41, 5.74) is 0. The molecule has 6 nitrogen and oxygen atoms in total. The molecule has 98 valence electrons. The number of nitrogens with one attached hydrogen (secondary N) is 1. The number of hydrogen-bond acceptors (Lipinski definition) is 6. The van der Waals surface area contributed by atoms with Crippen LogP contribution in [0.25, 0.3) is 0 Å². The summed E-state index contributed by atoms with van der Waals surface area (Å²) in [5, 5.41) is 8.81. The zero-order chi connectivity index (χ0) is 12.9. The van der Waals surface area contributed by atoms with Crippen LogP contribution >= 0.6 is 22.9 Å². The van der Waals surface area contributed by atoms with E-state index in [2.05, 4.69) is 9.71 Å². The van der Waals surface area contributed by atoms with Crippen molar-refractivity contribution >= 4 is 33.0 Å². The number of halogens is 1. The van der Waals surface area contributed by atoms with Gasteiger partial charge in [-0.2, -0.15) is 0 Å². The second-order valence-electron chi connectivity index (χ2n) is 3.22. The molecule has 0 saturated heterocycles. The highest BCUT2D eigenvalue weighted by Gasteiger charge is 2.22. The number of thiazole rings is 1. The maximum atomic E-state index is 11.9. The van der Waals surface area contributed by atoms with Gasteiger partial charge in [0.05, 0.1) is 12.8 Å². The molecule has 1 atom stereocenters. The Labute approximate surface area is 109 Å². The van der Waals surface area contributed by atoms with E-state index in [4.69, 9.17) is 21.4 Å². The zero-order valence-corrected chi connectivity index (χ0v) is 11.5. The molecule has 0 aliphatic heterocycles. The van der Waals surface area contributed by atoms with E-state index in [1.165, 1.54) is 13.3 Å². The highest BCUT2D eigenvalue weighted by atomic mass is 35.5. The molecule has 0 aliphatic rings. The molecule has 2 N–H and O–H groups in total. The van der Waals surface area contributed by atoms with Crippen molar-refractivity contribution in [3.63, 3.8) is 0 Å². The molecule has 0 fully saturated rings. The van der Waals surface area contributed by atoms with Crippen molar-refractivity contribution in [2.75, 3.05) is 20.3 Å². The zero-order valence-electron chi connectivity index (χ0n) is 9.09. The lowest BCUT2D eigenvalue weighted by Crippen LogP contribution is -2.38. The molecular formula is C8H13ClN2O4S2. The highest BCUT2D eigenvalue weighted by Crippen LogP contribution is 2.22. The molecule has 17 heavy (non-hydrogen) atoms. The van der Waals surface area contributed by atoms with E-state index < -0.39 is 16.1 Å². The third kappa shape index (κ3) is 4.49. The van der Waals surface area contributed by atoms with Crippen LogP contribution in [0.5, 0.6) is 0 Å². The number of hydrogen-bond donors (Lipinski definition) is 2. The first kappa shape index (κ1) is 14.8. The van der Waals surface area contributed by atoms with Crippen LogP contribution in [0.2, 0.25) is 4.47 Å².